The summed E-state index contributed by atoms with van der Waals surface area (Å²) in [6.07, 6.45) is 0. The quantitative estimate of drug-likeness (QED) is 0.404. The number of rotatable bonds is 3. The van der Waals surface area contributed by atoms with Crippen LogP contribution in [-0.2, 0) is 7.05 Å². The second-order valence-electron chi connectivity index (χ2n) is 6.99. The van der Waals surface area contributed by atoms with Gasteiger partial charge in [-0.25, -0.2) is 4.98 Å². The summed E-state index contributed by atoms with van der Waals surface area (Å²) in [5.74, 6) is 0.777. The van der Waals surface area contributed by atoms with Crippen molar-refractivity contribution in [3.8, 4) is 22.4 Å². The maximum atomic E-state index is 12.6. The van der Waals surface area contributed by atoms with E-state index in [2.05, 4.69) is 24.3 Å². The highest BCUT2D eigenvalue weighted by atomic mass is 16.1. The molecule has 0 atom stereocenters. The highest BCUT2D eigenvalue weighted by Gasteiger charge is 2.22. The lowest BCUT2D eigenvalue weighted by Gasteiger charge is -2.05. The van der Waals surface area contributed by atoms with Crippen molar-refractivity contribution in [3.05, 3.63) is 84.6 Å². The molecule has 0 unspecified atom stereocenters. The van der Waals surface area contributed by atoms with Crippen LogP contribution in [0.5, 0.6) is 0 Å². The van der Waals surface area contributed by atoms with Gasteiger partial charge in [0.2, 0.25) is 5.78 Å². The molecular formula is C24H19N3O. The Kier molecular flexibility index (Phi) is 3.66. The lowest BCUT2D eigenvalue weighted by Crippen LogP contribution is -2.00. The molecular weight excluding hydrogens is 346 g/mol. The Morgan fingerprint density at radius 2 is 1.32 bits per heavy atom. The molecule has 136 valence electrons. The second-order valence-corrected chi connectivity index (χ2v) is 6.99. The van der Waals surface area contributed by atoms with Gasteiger partial charge in [0.25, 0.3) is 0 Å². The van der Waals surface area contributed by atoms with Crippen LogP contribution in [0.15, 0.2) is 78.9 Å². The fourth-order valence-electron chi connectivity index (χ4n) is 3.88. The molecule has 0 bridgehead atoms. The van der Waals surface area contributed by atoms with Gasteiger partial charge in [-0.15, -0.1) is 0 Å². The number of para-hydroxylation sites is 2. The number of ketones is 1. The summed E-state index contributed by atoms with van der Waals surface area (Å²) < 4.78 is 4.00. The summed E-state index contributed by atoms with van der Waals surface area (Å²) in [7, 11) is 1.98. The first-order chi connectivity index (χ1) is 13.6. The van der Waals surface area contributed by atoms with E-state index in [0.717, 1.165) is 33.6 Å². The second kappa shape index (κ2) is 6.20. The Balaban J connectivity index is 1.72. The van der Waals surface area contributed by atoms with Crippen molar-refractivity contribution >= 4 is 22.6 Å². The predicted molar refractivity (Wildman–Crippen MR) is 113 cm³/mol. The number of hydrogen-bond donors (Lipinski definition) is 0. The number of nitrogens with zero attached hydrogens (tertiary/aromatic N) is 3. The molecule has 0 saturated carbocycles. The van der Waals surface area contributed by atoms with E-state index in [-0.39, 0.29) is 5.78 Å². The SMILES string of the molecule is CC(=O)c1c(-c2ccc(-c3ccccc3)cc2)nc2n(C)c3ccccc3n12. The Morgan fingerprint density at radius 3 is 2.00 bits per heavy atom. The van der Waals surface area contributed by atoms with E-state index in [1.165, 1.54) is 5.56 Å². The topological polar surface area (TPSA) is 39.3 Å². The third-order valence-electron chi connectivity index (χ3n) is 5.24. The van der Waals surface area contributed by atoms with Crippen LogP contribution in [0.3, 0.4) is 0 Å². The van der Waals surface area contributed by atoms with Crippen LogP contribution in [0.2, 0.25) is 0 Å². The maximum Gasteiger partial charge on any atom is 0.215 e. The van der Waals surface area contributed by atoms with Crippen molar-refractivity contribution in [2.75, 3.05) is 0 Å². The molecule has 0 aliphatic carbocycles. The molecule has 0 fully saturated rings. The van der Waals surface area contributed by atoms with E-state index in [9.17, 15) is 4.79 Å². The lowest BCUT2D eigenvalue weighted by atomic mass is 10.0. The third kappa shape index (κ3) is 2.38. The number of aromatic nitrogens is 3. The number of carbonyl (C=O) groups is 1. The zero-order chi connectivity index (χ0) is 19.3. The van der Waals surface area contributed by atoms with Crippen molar-refractivity contribution < 1.29 is 4.79 Å². The van der Waals surface area contributed by atoms with Crippen molar-refractivity contribution in [2.45, 2.75) is 6.92 Å². The van der Waals surface area contributed by atoms with Gasteiger partial charge in [0.1, 0.15) is 11.4 Å². The molecule has 0 amide bonds. The van der Waals surface area contributed by atoms with Gasteiger partial charge in [-0.1, -0.05) is 66.7 Å². The number of imidazole rings is 2. The van der Waals surface area contributed by atoms with Gasteiger partial charge in [-0.3, -0.25) is 9.20 Å². The van der Waals surface area contributed by atoms with Crippen LogP contribution in [-0.4, -0.2) is 19.7 Å². The summed E-state index contributed by atoms with van der Waals surface area (Å²) in [5, 5.41) is 0. The van der Waals surface area contributed by atoms with E-state index in [4.69, 9.17) is 4.98 Å². The van der Waals surface area contributed by atoms with E-state index >= 15 is 0 Å². The summed E-state index contributed by atoms with van der Waals surface area (Å²) in [6.45, 7) is 1.60. The minimum absolute atomic E-state index is 0.00555. The number of hydrogen-bond acceptors (Lipinski definition) is 2. The molecule has 2 aromatic heterocycles. The van der Waals surface area contributed by atoms with Gasteiger partial charge in [-0.2, -0.15) is 0 Å². The van der Waals surface area contributed by atoms with Crippen LogP contribution < -0.4 is 0 Å². The molecule has 0 N–H and O–H groups in total. The maximum absolute atomic E-state index is 12.6. The average Bonchev–Trinajstić information content (AvgIpc) is 3.26. The van der Waals surface area contributed by atoms with Gasteiger partial charge in [-0.05, 0) is 23.3 Å². The molecule has 28 heavy (non-hydrogen) atoms. The monoisotopic (exact) mass is 365 g/mol. The van der Waals surface area contributed by atoms with Gasteiger partial charge >= 0.3 is 0 Å². The van der Waals surface area contributed by atoms with Crippen molar-refractivity contribution in [1.82, 2.24) is 14.0 Å². The first kappa shape index (κ1) is 16.5. The standard InChI is InChI=1S/C24H19N3O/c1-16(28)23-22(19-14-12-18(13-15-19)17-8-4-3-5-9-17)25-24-26(2)20-10-6-7-11-21(20)27(23)24/h3-15H,1-2H3. The van der Waals surface area contributed by atoms with Crippen molar-refractivity contribution in [1.29, 1.82) is 0 Å². The lowest BCUT2D eigenvalue weighted by molar-refractivity contribution is 0.101. The van der Waals surface area contributed by atoms with Gasteiger partial charge in [0, 0.05) is 19.5 Å². The van der Waals surface area contributed by atoms with E-state index in [1.54, 1.807) is 6.92 Å². The minimum Gasteiger partial charge on any atom is -0.313 e. The molecule has 3 aromatic carbocycles. The molecule has 0 spiro atoms. The van der Waals surface area contributed by atoms with Gasteiger partial charge in [0.05, 0.1) is 11.0 Å². The van der Waals surface area contributed by atoms with E-state index < -0.39 is 0 Å². The van der Waals surface area contributed by atoms with Gasteiger partial charge in [0.15, 0.2) is 5.78 Å². The molecule has 2 heterocycles. The molecule has 0 aliphatic heterocycles. The molecule has 0 aliphatic rings. The van der Waals surface area contributed by atoms with Crippen molar-refractivity contribution in [2.24, 2.45) is 7.05 Å². The van der Waals surface area contributed by atoms with Crippen molar-refractivity contribution in [3.63, 3.8) is 0 Å². The zero-order valence-electron chi connectivity index (χ0n) is 15.8. The summed E-state index contributed by atoms with van der Waals surface area (Å²) in [4.78, 5) is 17.4. The molecule has 4 nitrogen and oxygen atoms in total. The molecule has 0 radical (unpaired) electrons. The average molecular weight is 365 g/mol. The first-order valence-electron chi connectivity index (χ1n) is 9.28. The van der Waals surface area contributed by atoms with Crippen LogP contribution in [0.4, 0.5) is 0 Å². The minimum atomic E-state index is 0.00555. The van der Waals surface area contributed by atoms with Gasteiger partial charge < -0.3 is 4.57 Å². The number of Topliss-reactive ketones (excluding diaryl/α,β-unsaturated/α-hetero) is 1. The Labute approximate surface area is 162 Å². The van der Waals surface area contributed by atoms with E-state index in [0.29, 0.717) is 5.69 Å². The summed E-state index contributed by atoms with van der Waals surface area (Å²) in [5.41, 5.74) is 6.65. The highest BCUT2D eigenvalue weighted by Crippen LogP contribution is 2.31. The molecule has 5 aromatic rings. The molecule has 5 rings (SSSR count). The number of carbonyl (C=O) groups excluding carboxylic acids is 1. The molecule has 4 heteroatoms. The summed E-state index contributed by atoms with van der Waals surface area (Å²) in [6, 6.07) is 26.6. The van der Waals surface area contributed by atoms with Crippen LogP contribution in [0.1, 0.15) is 17.4 Å². The predicted octanol–water partition coefficient (Wildman–Crippen LogP) is 5.36. The van der Waals surface area contributed by atoms with Crippen LogP contribution in [0, 0.1) is 0 Å². The number of fused-ring (bicyclic) bond motifs is 3. The Hall–Kier alpha value is -3.66. The van der Waals surface area contributed by atoms with Crippen LogP contribution in [0.25, 0.3) is 39.2 Å². The van der Waals surface area contributed by atoms with Crippen LogP contribution >= 0.6 is 0 Å². The van der Waals surface area contributed by atoms with E-state index in [1.807, 2.05) is 70.6 Å². The number of aryl methyl sites for hydroxylation is 1. The highest BCUT2D eigenvalue weighted by molar-refractivity contribution is 6.01. The Morgan fingerprint density at radius 1 is 0.750 bits per heavy atom. The fraction of sp³-hybridized carbons (Fsp3) is 0.0833. The fourth-order valence-corrected chi connectivity index (χ4v) is 3.88. The normalized spacial score (nSPS) is 11.4. The smallest absolute Gasteiger partial charge is 0.215 e. The zero-order valence-corrected chi connectivity index (χ0v) is 15.8. The number of benzene rings is 3. The molecule has 0 saturated heterocycles. The Bertz CT molecular complexity index is 1330. The summed E-state index contributed by atoms with van der Waals surface area (Å²) >= 11 is 0. The first-order valence-corrected chi connectivity index (χ1v) is 9.28. The third-order valence-corrected chi connectivity index (χ3v) is 5.24. The largest absolute Gasteiger partial charge is 0.313 e.